The van der Waals surface area contributed by atoms with E-state index in [9.17, 15) is 18.0 Å². The number of carbonyl (C=O) groups excluding carboxylic acids is 1. The molecular formula is C22H19ClF3N3O2. The lowest BCUT2D eigenvalue weighted by Crippen LogP contribution is -2.38. The number of benzene rings is 2. The normalized spacial score (nSPS) is 15.7. The van der Waals surface area contributed by atoms with Crippen LogP contribution in [0.4, 0.5) is 13.2 Å². The van der Waals surface area contributed by atoms with Crippen molar-refractivity contribution in [3.63, 3.8) is 0 Å². The first-order valence-corrected chi connectivity index (χ1v) is 9.95. The predicted octanol–water partition coefficient (Wildman–Crippen LogP) is 4.93. The number of hydrogen-bond donors (Lipinski definition) is 0. The number of carbonyl (C=O) groups is 1. The Kier molecular flexibility index (Phi) is 5.43. The zero-order valence-electron chi connectivity index (χ0n) is 17.0. The van der Waals surface area contributed by atoms with Crippen molar-refractivity contribution in [2.75, 3.05) is 13.7 Å². The summed E-state index contributed by atoms with van der Waals surface area (Å²) < 4.78 is 47.7. The molecular weight excluding hydrogens is 431 g/mol. The van der Waals surface area contributed by atoms with Crippen LogP contribution >= 0.6 is 11.6 Å². The molecule has 1 unspecified atom stereocenters. The van der Waals surface area contributed by atoms with Gasteiger partial charge in [0.05, 0.1) is 24.5 Å². The number of fused-ring (bicyclic) bond motifs is 1. The highest BCUT2D eigenvalue weighted by atomic mass is 35.5. The fourth-order valence-corrected chi connectivity index (χ4v) is 4.27. The second kappa shape index (κ2) is 7.92. The van der Waals surface area contributed by atoms with E-state index in [0.29, 0.717) is 40.7 Å². The number of methoxy groups -OCH3 is 1. The minimum absolute atomic E-state index is 0.194. The fraction of sp³-hybridized carbons (Fsp3) is 0.273. The van der Waals surface area contributed by atoms with Crippen LogP contribution in [-0.2, 0) is 13.5 Å². The van der Waals surface area contributed by atoms with E-state index < -0.39 is 23.5 Å². The molecule has 0 aliphatic carbocycles. The molecule has 0 saturated heterocycles. The van der Waals surface area contributed by atoms with Crippen LogP contribution in [0.5, 0.6) is 5.75 Å². The highest BCUT2D eigenvalue weighted by Crippen LogP contribution is 2.37. The van der Waals surface area contributed by atoms with Gasteiger partial charge in [-0.15, -0.1) is 0 Å². The van der Waals surface area contributed by atoms with Gasteiger partial charge in [-0.3, -0.25) is 9.48 Å². The minimum Gasteiger partial charge on any atom is -0.497 e. The topological polar surface area (TPSA) is 47.4 Å². The number of hydrogen-bond acceptors (Lipinski definition) is 3. The summed E-state index contributed by atoms with van der Waals surface area (Å²) in [7, 11) is 3.14. The molecule has 9 heteroatoms. The first-order chi connectivity index (χ1) is 14.7. The average molecular weight is 450 g/mol. The van der Waals surface area contributed by atoms with Gasteiger partial charge >= 0.3 is 0 Å². The predicted molar refractivity (Wildman–Crippen MR) is 110 cm³/mol. The third-order valence-corrected chi connectivity index (χ3v) is 5.73. The molecule has 5 nitrogen and oxygen atoms in total. The maximum Gasteiger partial charge on any atom is 0.254 e. The van der Waals surface area contributed by atoms with Crippen LogP contribution < -0.4 is 4.74 Å². The number of aryl methyl sites for hydroxylation is 1. The van der Waals surface area contributed by atoms with E-state index in [-0.39, 0.29) is 11.5 Å². The Morgan fingerprint density at radius 2 is 1.84 bits per heavy atom. The molecule has 0 fully saturated rings. The lowest BCUT2D eigenvalue weighted by molar-refractivity contribution is 0.0673. The Hall–Kier alpha value is -3.00. The fourth-order valence-electron chi connectivity index (χ4n) is 4.04. The zero-order valence-corrected chi connectivity index (χ0v) is 17.8. The van der Waals surface area contributed by atoms with Gasteiger partial charge in [0.1, 0.15) is 5.75 Å². The second-order valence-electron chi connectivity index (χ2n) is 7.39. The van der Waals surface area contributed by atoms with Crippen LogP contribution in [0, 0.1) is 17.5 Å². The van der Waals surface area contributed by atoms with Gasteiger partial charge in [0, 0.05) is 35.3 Å². The van der Waals surface area contributed by atoms with E-state index in [1.54, 1.807) is 30.1 Å². The molecule has 0 saturated carbocycles. The monoisotopic (exact) mass is 449 g/mol. The van der Waals surface area contributed by atoms with Crippen molar-refractivity contribution in [3.8, 4) is 17.0 Å². The van der Waals surface area contributed by atoms with Crippen LogP contribution in [0.1, 0.15) is 34.6 Å². The lowest BCUT2D eigenvalue weighted by Gasteiger charge is -2.33. The van der Waals surface area contributed by atoms with Crippen LogP contribution in [0.25, 0.3) is 11.3 Å². The molecule has 2 aromatic carbocycles. The summed E-state index contributed by atoms with van der Waals surface area (Å²) >= 11 is 6.10. The Morgan fingerprint density at radius 1 is 1.16 bits per heavy atom. The van der Waals surface area contributed by atoms with Crippen LogP contribution in [0.15, 0.2) is 30.3 Å². The summed E-state index contributed by atoms with van der Waals surface area (Å²) in [6.07, 6.45) is 0.424. The Balaban J connectivity index is 1.71. The van der Waals surface area contributed by atoms with E-state index in [4.69, 9.17) is 16.3 Å². The van der Waals surface area contributed by atoms with Gasteiger partial charge in [-0.2, -0.15) is 5.10 Å². The maximum absolute atomic E-state index is 13.8. The summed E-state index contributed by atoms with van der Waals surface area (Å²) in [6, 6.07) is 6.32. The molecule has 4 rings (SSSR count). The molecule has 3 aromatic rings. The van der Waals surface area contributed by atoms with E-state index in [1.807, 2.05) is 6.92 Å². The van der Waals surface area contributed by atoms with Gasteiger partial charge in [-0.1, -0.05) is 11.6 Å². The molecule has 31 heavy (non-hydrogen) atoms. The standard InChI is InChI=1S/C22H19ClF3N3O2/c1-11-20-16(21(28(2)27-20)12-8-17(24)19(26)18(25)9-12)4-5-29(11)22(30)13-6-14(23)10-15(7-13)31-3/h6-11H,4-5H2,1-3H3. The summed E-state index contributed by atoms with van der Waals surface area (Å²) in [6.45, 7) is 2.20. The van der Waals surface area contributed by atoms with Crippen LogP contribution in [-0.4, -0.2) is 34.2 Å². The molecule has 1 aromatic heterocycles. The summed E-state index contributed by atoms with van der Waals surface area (Å²) in [4.78, 5) is 14.8. The van der Waals surface area contributed by atoms with E-state index >= 15 is 0 Å². The van der Waals surface area contributed by atoms with Gasteiger partial charge < -0.3 is 9.64 Å². The van der Waals surface area contributed by atoms with Crippen LogP contribution in [0.3, 0.4) is 0 Å². The van der Waals surface area contributed by atoms with E-state index in [0.717, 1.165) is 17.7 Å². The number of rotatable bonds is 3. The van der Waals surface area contributed by atoms with Crippen molar-refractivity contribution in [1.82, 2.24) is 14.7 Å². The molecule has 0 spiro atoms. The van der Waals surface area contributed by atoms with Gasteiger partial charge in [0.15, 0.2) is 17.5 Å². The molecule has 162 valence electrons. The van der Waals surface area contributed by atoms with Gasteiger partial charge in [-0.25, -0.2) is 13.2 Å². The molecule has 0 radical (unpaired) electrons. The molecule has 1 amide bonds. The number of nitrogens with zero attached hydrogens (tertiary/aromatic N) is 3. The highest BCUT2D eigenvalue weighted by molar-refractivity contribution is 6.31. The summed E-state index contributed by atoms with van der Waals surface area (Å²) in [5, 5.41) is 4.88. The minimum atomic E-state index is -1.51. The lowest BCUT2D eigenvalue weighted by atomic mass is 9.95. The average Bonchev–Trinajstić information content (AvgIpc) is 3.07. The van der Waals surface area contributed by atoms with Crippen molar-refractivity contribution >= 4 is 17.5 Å². The quantitative estimate of drug-likeness (QED) is 0.533. The third-order valence-electron chi connectivity index (χ3n) is 5.51. The molecule has 0 N–H and O–H groups in total. The van der Waals surface area contributed by atoms with E-state index in [1.165, 1.54) is 11.8 Å². The molecule has 1 aliphatic heterocycles. The Labute approximate surface area is 182 Å². The summed E-state index contributed by atoms with van der Waals surface area (Å²) in [5.74, 6) is -3.80. The zero-order chi connectivity index (χ0) is 22.4. The Morgan fingerprint density at radius 3 is 2.48 bits per heavy atom. The molecule has 1 atom stereocenters. The van der Waals surface area contributed by atoms with Crippen LogP contribution in [0.2, 0.25) is 5.02 Å². The van der Waals surface area contributed by atoms with Crippen molar-refractivity contribution in [2.45, 2.75) is 19.4 Å². The van der Waals surface area contributed by atoms with Gasteiger partial charge in [0.2, 0.25) is 0 Å². The highest BCUT2D eigenvalue weighted by Gasteiger charge is 2.34. The number of aromatic nitrogens is 2. The number of ether oxygens (including phenoxy) is 1. The van der Waals surface area contributed by atoms with E-state index in [2.05, 4.69) is 5.10 Å². The smallest absolute Gasteiger partial charge is 0.254 e. The van der Waals surface area contributed by atoms with Crippen molar-refractivity contribution in [1.29, 1.82) is 0 Å². The largest absolute Gasteiger partial charge is 0.497 e. The SMILES string of the molecule is COc1cc(Cl)cc(C(=O)N2CCc3c(nn(C)c3-c3cc(F)c(F)c(F)c3)C2C)c1. The van der Waals surface area contributed by atoms with Crippen molar-refractivity contribution in [2.24, 2.45) is 7.05 Å². The first-order valence-electron chi connectivity index (χ1n) is 9.57. The Bertz CT molecular complexity index is 1170. The van der Waals surface area contributed by atoms with Gasteiger partial charge in [0.25, 0.3) is 5.91 Å². The number of amides is 1. The molecule has 2 heterocycles. The molecule has 0 bridgehead atoms. The van der Waals surface area contributed by atoms with Crippen molar-refractivity contribution in [3.05, 3.63) is 69.6 Å². The van der Waals surface area contributed by atoms with Crippen molar-refractivity contribution < 1.29 is 22.7 Å². The molecule has 1 aliphatic rings. The third kappa shape index (κ3) is 3.65. The maximum atomic E-state index is 13.8. The van der Waals surface area contributed by atoms with Gasteiger partial charge in [-0.05, 0) is 43.7 Å². The number of halogens is 4. The summed E-state index contributed by atoms with van der Waals surface area (Å²) in [5.41, 5.74) is 2.47. The first kappa shape index (κ1) is 21.2. The second-order valence-corrected chi connectivity index (χ2v) is 7.83.